The molecule has 0 aliphatic carbocycles. The van der Waals surface area contributed by atoms with Gasteiger partial charge in [-0.2, -0.15) is 13.2 Å². The Morgan fingerprint density at radius 1 is 0.935 bits per heavy atom. The summed E-state index contributed by atoms with van der Waals surface area (Å²) in [5.41, 5.74) is 5.27. The van der Waals surface area contributed by atoms with E-state index >= 15 is 0 Å². The zero-order valence-electron chi connectivity index (χ0n) is 16.5. The second-order valence-electron chi connectivity index (χ2n) is 6.95. The predicted molar refractivity (Wildman–Crippen MR) is 104 cm³/mol. The number of hydrogen-bond donors (Lipinski definition) is 3. The van der Waals surface area contributed by atoms with Crippen molar-refractivity contribution in [1.29, 1.82) is 0 Å². The summed E-state index contributed by atoms with van der Waals surface area (Å²) in [6.07, 6.45) is -4.70. The topological polar surface area (TPSA) is 101 Å². The number of hydrogen-bond acceptors (Lipinski definition) is 3. The normalized spacial score (nSPS) is 13.2. The Morgan fingerprint density at radius 3 is 2.06 bits per heavy atom. The molecular weight excluding hydrogens is 418 g/mol. The molecule has 0 bridgehead atoms. The van der Waals surface area contributed by atoms with Crippen LogP contribution in [-0.4, -0.2) is 29.8 Å². The number of alkyl halides is 3. The number of benzene rings is 2. The first-order valence-corrected chi connectivity index (χ1v) is 9.23. The van der Waals surface area contributed by atoms with Crippen LogP contribution in [0.2, 0.25) is 0 Å². The number of carbonyl (C=O) groups excluding carboxylic acids is 3. The Bertz CT molecular complexity index is 946. The molecule has 4 N–H and O–H groups in total. The number of nitrogens with two attached hydrogens (primary N) is 1. The third kappa shape index (κ3) is 7.40. The van der Waals surface area contributed by atoms with Crippen LogP contribution < -0.4 is 16.4 Å². The van der Waals surface area contributed by atoms with E-state index in [1.54, 1.807) is 6.07 Å². The molecule has 2 aromatic rings. The number of nitrogens with one attached hydrogen (secondary N) is 2. The minimum atomic E-state index is -4.50. The van der Waals surface area contributed by atoms with Crippen LogP contribution in [0.25, 0.3) is 0 Å². The van der Waals surface area contributed by atoms with E-state index in [9.17, 15) is 31.9 Å². The molecule has 0 spiro atoms. The molecule has 6 nitrogen and oxygen atoms in total. The molecular formula is C21H21F4N3O3. The third-order valence-electron chi connectivity index (χ3n) is 4.40. The zero-order valence-corrected chi connectivity index (χ0v) is 16.5. The minimum absolute atomic E-state index is 0.0467. The van der Waals surface area contributed by atoms with Crippen molar-refractivity contribution in [2.45, 2.75) is 38.0 Å². The molecule has 2 atom stereocenters. The number of carbonyl (C=O) groups is 3. The lowest BCUT2D eigenvalue weighted by Gasteiger charge is -2.22. The first kappa shape index (κ1) is 23.8. The van der Waals surface area contributed by atoms with Crippen LogP contribution in [0.15, 0.2) is 48.5 Å². The highest BCUT2D eigenvalue weighted by molar-refractivity contribution is 5.91. The average Bonchev–Trinajstić information content (AvgIpc) is 2.66. The summed E-state index contributed by atoms with van der Waals surface area (Å²) in [7, 11) is 0. The van der Waals surface area contributed by atoms with Gasteiger partial charge >= 0.3 is 6.18 Å². The number of primary amides is 1. The van der Waals surface area contributed by atoms with E-state index < -0.39 is 47.4 Å². The number of amides is 3. The molecule has 0 radical (unpaired) electrons. The third-order valence-corrected chi connectivity index (χ3v) is 4.40. The van der Waals surface area contributed by atoms with Gasteiger partial charge < -0.3 is 16.4 Å². The van der Waals surface area contributed by atoms with E-state index in [4.69, 9.17) is 5.73 Å². The molecule has 0 saturated heterocycles. The Labute approximate surface area is 175 Å². The SMILES string of the molecule is CC(=O)N[C@H](Cc1cccc(F)c1)C(=O)N[C@H](Cc1ccc(C(F)(F)F)cc1)C(N)=O. The first-order chi connectivity index (χ1) is 14.5. The molecule has 10 heteroatoms. The van der Waals surface area contributed by atoms with Crippen molar-refractivity contribution < 1.29 is 31.9 Å². The summed E-state index contributed by atoms with van der Waals surface area (Å²) < 4.78 is 51.5. The molecule has 2 rings (SSSR count). The van der Waals surface area contributed by atoms with Gasteiger partial charge in [-0.05, 0) is 35.4 Å². The van der Waals surface area contributed by atoms with Gasteiger partial charge in [0.15, 0.2) is 0 Å². The highest BCUT2D eigenvalue weighted by Gasteiger charge is 2.30. The molecule has 0 heterocycles. The van der Waals surface area contributed by atoms with Crippen LogP contribution in [0.4, 0.5) is 17.6 Å². The van der Waals surface area contributed by atoms with Crippen molar-refractivity contribution in [2.24, 2.45) is 5.73 Å². The summed E-state index contributed by atoms with van der Waals surface area (Å²) in [5.74, 6) is -2.68. The van der Waals surface area contributed by atoms with Crippen molar-refractivity contribution >= 4 is 17.7 Å². The van der Waals surface area contributed by atoms with Gasteiger partial charge in [0.1, 0.15) is 17.9 Å². The van der Waals surface area contributed by atoms with E-state index in [1.807, 2.05) is 0 Å². The number of rotatable bonds is 8. The van der Waals surface area contributed by atoms with Crippen molar-refractivity contribution in [1.82, 2.24) is 10.6 Å². The van der Waals surface area contributed by atoms with Gasteiger partial charge in [0.05, 0.1) is 5.56 Å². The van der Waals surface area contributed by atoms with Gasteiger partial charge in [-0.1, -0.05) is 24.3 Å². The van der Waals surface area contributed by atoms with E-state index in [1.165, 1.54) is 37.3 Å². The lowest BCUT2D eigenvalue weighted by molar-refractivity contribution is -0.137. The van der Waals surface area contributed by atoms with Crippen LogP contribution in [0.1, 0.15) is 23.6 Å². The maximum Gasteiger partial charge on any atom is 0.416 e. The first-order valence-electron chi connectivity index (χ1n) is 9.23. The van der Waals surface area contributed by atoms with Crippen molar-refractivity contribution in [2.75, 3.05) is 0 Å². The second kappa shape index (κ2) is 10.1. The maximum atomic E-state index is 13.4. The van der Waals surface area contributed by atoms with Crippen LogP contribution in [0.3, 0.4) is 0 Å². The zero-order chi connectivity index (χ0) is 23.2. The van der Waals surface area contributed by atoms with Gasteiger partial charge in [-0.25, -0.2) is 4.39 Å². The van der Waals surface area contributed by atoms with Crippen LogP contribution in [0.5, 0.6) is 0 Å². The maximum absolute atomic E-state index is 13.4. The summed E-state index contributed by atoms with van der Waals surface area (Å²) in [5, 5.41) is 4.84. The van der Waals surface area contributed by atoms with Gasteiger partial charge in [-0.15, -0.1) is 0 Å². The second-order valence-corrected chi connectivity index (χ2v) is 6.95. The Hall–Kier alpha value is -3.43. The van der Waals surface area contributed by atoms with Gasteiger partial charge in [-0.3, -0.25) is 14.4 Å². The fraction of sp³-hybridized carbons (Fsp3) is 0.286. The standard InChI is InChI=1S/C21H21F4N3O3/c1-12(29)27-18(11-14-3-2-4-16(22)9-14)20(31)28-17(19(26)30)10-13-5-7-15(8-6-13)21(23,24)25/h2-9,17-18H,10-11H2,1H3,(H2,26,30)(H,27,29)(H,28,31)/t17-,18-/m1/s1. The molecule has 2 aromatic carbocycles. The largest absolute Gasteiger partial charge is 0.416 e. The summed E-state index contributed by atoms with van der Waals surface area (Å²) >= 11 is 0. The van der Waals surface area contributed by atoms with Crippen LogP contribution in [-0.2, 0) is 33.4 Å². The van der Waals surface area contributed by atoms with Gasteiger partial charge in [0.25, 0.3) is 0 Å². The van der Waals surface area contributed by atoms with E-state index in [-0.39, 0.29) is 12.8 Å². The van der Waals surface area contributed by atoms with E-state index in [0.717, 1.165) is 12.1 Å². The molecule has 166 valence electrons. The molecule has 0 aliphatic heterocycles. The van der Waals surface area contributed by atoms with Crippen molar-refractivity contribution in [3.63, 3.8) is 0 Å². The quantitative estimate of drug-likeness (QED) is 0.549. The van der Waals surface area contributed by atoms with Crippen LogP contribution in [0, 0.1) is 5.82 Å². The monoisotopic (exact) mass is 439 g/mol. The Balaban J connectivity index is 2.13. The lowest BCUT2D eigenvalue weighted by atomic mass is 10.0. The Morgan fingerprint density at radius 2 is 1.55 bits per heavy atom. The van der Waals surface area contributed by atoms with Crippen molar-refractivity contribution in [3.8, 4) is 0 Å². The smallest absolute Gasteiger partial charge is 0.368 e. The molecule has 0 unspecified atom stereocenters. The van der Waals surface area contributed by atoms with E-state index in [2.05, 4.69) is 10.6 Å². The highest BCUT2D eigenvalue weighted by atomic mass is 19.4. The average molecular weight is 439 g/mol. The molecule has 0 fully saturated rings. The molecule has 3 amide bonds. The predicted octanol–water partition coefficient (Wildman–Crippen LogP) is 2.10. The number of halogens is 4. The molecule has 0 aliphatic rings. The fourth-order valence-electron chi connectivity index (χ4n) is 2.91. The minimum Gasteiger partial charge on any atom is -0.368 e. The molecule has 0 aromatic heterocycles. The van der Waals surface area contributed by atoms with Crippen molar-refractivity contribution in [3.05, 3.63) is 71.0 Å². The highest BCUT2D eigenvalue weighted by Crippen LogP contribution is 2.29. The van der Waals surface area contributed by atoms with Gasteiger partial charge in [0.2, 0.25) is 17.7 Å². The lowest BCUT2D eigenvalue weighted by Crippen LogP contribution is -2.54. The summed E-state index contributed by atoms with van der Waals surface area (Å²) in [6, 6.07) is 7.19. The molecule has 31 heavy (non-hydrogen) atoms. The fourth-order valence-corrected chi connectivity index (χ4v) is 2.91. The van der Waals surface area contributed by atoms with E-state index in [0.29, 0.717) is 11.1 Å². The summed E-state index contributed by atoms with van der Waals surface area (Å²) in [6.45, 7) is 1.19. The van der Waals surface area contributed by atoms with Gasteiger partial charge in [0, 0.05) is 19.8 Å². The molecule has 0 saturated carbocycles. The summed E-state index contributed by atoms with van der Waals surface area (Å²) in [4.78, 5) is 36.0. The Kier molecular flexibility index (Phi) is 7.73. The van der Waals surface area contributed by atoms with Crippen LogP contribution >= 0.6 is 0 Å².